The Bertz CT molecular complexity index is 861. The van der Waals surface area contributed by atoms with Crippen molar-refractivity contribution in [1.29, 1.82) is 0 Å². The number of rotatable bonds is 7. The molecule has 0 N–H and O–H groups in total. The fourth-order valence-electron chi connectivity index (χ4n) is 3.29. The van der Waals surface area contributed by atoms with Gasteiger partial charge in [0.15, 0.2) is 7.14 Å². The van der Waals surface area contributed by atoms with Gasteiger partial charge in [-0.25, -0.2) is 0 Å². The minimum Gasteiger partial charge on any atom is -0.463 e. The third kappa shape index (κ3) is 4.95. The average molecular weight is 386 g/mol. The zero-order valence-corrected chi connectivity index (χ0v) is 17.5. The van der Waals surface area contributed by atoms with Crippen molar-refractivity contribution in [3.8, 4) is 0 Å². The molecule has 4 nitrogen and oxygen atoms in total. The second-order valence-electron chi connectivity index (χ2n) is 7.17. The summed E-state index contributed by atoms with van der Waals surface area (Å²) in [6.07, 6.45) is -0.334. The highest BCUT2D eigenvalue weighted by atomic mass is 31.2. The number of hydrogen-bond donors (Lipinski definition) is 0. The second kappa shape index (κ2) is 8.67. The lowest BCUT2D eigenvalue weighted by Gasteiger charge is -2.20. The molecule has 0 saturated heterocycles. The summed E-state index contributed by atoms with van der Waals surface area (Å²) in [6, 6.07) is 12.6. The molecule has 2 rings (SSSR count). The van der Waals surface area contributed by atoms with Gasteiger partial charge >= 0.3 is 5.97 Å². The van der Waals surface area contributed by atoms with Crippen molar-refractivity contribution in [2.45, 2.75) is 47.1 Å². The van der Waals surface area contributed by atoms with Crippen LogP contribution in [-0.2, 0) is 14.1 Å². The SMILES string of the molecule is Cc1cc(C)c(C(=O)P(=O)(CCC(=O)OC(C)C)c2ccccc2)c(C)c1. The third-order valence-corrected chi connectivity index (χ3v) is 7.26. The van der Waals surface area contributed by atoms with E-state index in [9.17, 15) is 14.2 Å². The van der Waals surface area contributed by atoms with Crippen molar-refractivity contribution in [2.75, 3.05) is 6.16 Å². The minimum atomic E-state index is -3.49. The zero-order chi connectivity index (χ0) is 20.2. The summed E-state index contributed by atoms with van der Waals surface area (Å²) < 4.78 is 19.1. The second-order valence-corrected chi connectivity index (χ2v) is 10.0. The predicted octanol–water partition coefficient (Wildman–Crippen LogP) is 4.78. The van der Waals surface area contributed by atoms with E-state index in [1.807, 2.05) is 39.0 Å². The van der Waals surface area contributed by atoms with Gasteiger partial charge in [-0.05, 0) is 45.7 Å². The van der Waals surface area contributed by atoms with Crippen LogP contribution < -0.4 is 5.30 Å². The van der Waals surface area contributed by atoms with Crippen molar-refractivity contribution in [2.24, 2.45) is 0 Å². The molecular formula is C22H27O4P. The van der Waals surface area contributed by atoms with E-state index in [-0.39, 0.29) is 24.2 Å². The van der Waals surface area contributed by atoms with Gasteiger partial charge in [-0.15, -0.1) is 0 Å². The van der Waals surface area contributed by atoms with Crippen molar-refractivity contribution in [1.82, 2.24) is 0 Å². The molecule has 0 aliphatic heterocycles. The van der Waals surface area contributed by atoms with E-state index in [1.165, 1.54) is 0 Å². The summed E-state index contributed by atoms with van der Waals surface area (Å²) in [6.45, 7) is 9.20. The Morgan fingerprint density at radius 1 is 1.00 bits per heavy atom. The molecule has 2 aromatic carbocycles. The molecule has 0 bridgehead atoms. The number of benzene rings is 2. The Labute approximate surface area is 161 Å². The van der Waals surface area contributed by atoms with Gasteiger partial charge < -0.3 is 9.30 Å². The fourth-order valence-corrected chi connectivity index (χ4v) is 5.85. The highest BCUT2D eigenvalue weighted by molar-refractivity contribution is 7.87. The van der Waals surface area contributed by atoms with Crippen LogP contribution in [0.1, 0.15) is 47.3 Å². The van der Waals surface area contributed by atoms with Gasteiger partial charge in [0.25, 0.3) is 0 Å². The van der Waals surface area contributed by atoms with Crippen LogP contribution >= 0.6 is 7.14 Å². The van der Waals surface area contributed by atoms with Gasteiger partial charge in [0.05, 0.1) is 12.5 Å². The first-order valence-corrected chi connectivity index (χ1v) is 11.0. The molecule has 0 saturated carbocycles. The van der Waals surface area contributed by atoms with Crippen LogP contribution in [-0.4, -0.2) is 23.8 Å². The third-order valence-electron chi connectivity index (χ3n) is 4.39. The number of aryl methyl sites for hydroxylation is 3. The summed E-state index contributed by atoms with van der Waals surface area (Å²) in [4.78, 5) is 25.5. The minimum absolute atomic E-state index is 0.0336. The van der Waals surface area contributed by atoms with Crippen LogP contribution in [0.15, 0.2) is 42.5 Å². The van der Waals surface area contributed by atoms with E-state index in [2.05, 4.69) is 0 Å². The molecule has 27 heavy (non-hydrogen) atoms. The molecule has 0 fully saturated rings. The van der Waals surface area contributed by atoms with E-state index in [1.54, 1.807) is 38.1 Å². The van der Waals surface area contributed by atoms with Crippen LogP contribution in [0.3, 0.4) is 0 Å². The van der Waals surface area contributed by atoms with Gasteiger partial charge in [-0.1, -0.05) is 48.0 Å². The lowest BCUT2D eigenvalue weighted by Crippen LogP contribution is -2.20. The molecule has 144 valence electrons. The van der Waals surface area contributed by atoms with Crippen molar-refractivity contribution >= 4 is 23.9 Å². The molecule has 2 aromatic rings. The van der Waals surface area contributed by atoms with Crippen LogP contribution in [0.25, 0.3) is 0 Å². The van der Waals surface area contributed by atoms with Gasteiger partial charge in [0.1, 0.15) is 0 Å². The van der Waals surface area contributed by atoms with Crippen LogP contribution in [0, 0.1) is 20.8 Å². The highest BCUT2D eigenvalue weighted by Crippen LogP contribution is 2.49. The first-order chi connectivity index (χ1) is 12.6. The van der Waals surface area contributed by atoms with Crippen molar-refractivity contribution < 1.29 is 18.9 Å². The van der Waals surface area contributed by atoms with Crippen molar-refractivity contribution in [3.63, 3.8) is 0 Å². The molecule has 0 aliphatic rings. The molecule has 5 heteroatoms. The maximum absolute atomic E-state index is 13.9. The van der Waals surface area contributed by atoms with Gasteiger partial charge in [-0.2, -0.15) is 0 Å². The fraction of sp³-hybridized carbons (Fsp3) is 0.364. The summed E-state index contributed by atoms with van der Waals surface area (Å²) in [5.74, 6) is -0.439. The summed E-state index contributed by atoms with van der Waals surface area (Å²) in [5.41, 5.74) is 2.76. The number of carbonyl (C=O) groups excluding carboxylic acids is 2. The lowest BCUT2D eigenvalue weighted by atomic mass is 10.0. The summed E-state index contributed by atoms with van der Waals surface area (Å²) in [5, 5.41) is 0.478. The first kappa shape index (κ1) is 21.1. The number of esters is 1. The number of hydrogen-bond acceptors (Lipinski definition) is 4. The van der Waals surface area contributed by atoms with Crippen LogP contribution in [0.5, 0.6) is 0 Å². The Balaban J connectivity index is 2.46. The van der Waals surface area contributed by atoms with E-state index in [4.69, 9.17) is 4.74 Å². The predicted molar refractivity (Wildman–Crippen MR) is 109 cm³/mol. The summed E-state index contributed by atoms with van der Waals surface area (Å²) >= 11 is 0. The van der Waals surface area contributed by atoms with Gasteiger partial charge in [0, 0.05) is 17.0 Å². The molecule has 0 radical (unpaired) electrons. The van der Waals surface area contributed by atoms with Crippen LogP contribution in [0.2, 0.25) is 0 Å². The Morgan fingerprint density at radius 2 is 1.56 bits per heavy atom. The molecule has 1 atom stereocenters. The molecule has 0 aromatic heterocycles. The van der Waals surface area contributed by atoms with Crippen molar-refractivity contribution in [3.05, 3.63) is 64.7 Å². The van der Waals surface area contributed by atoms with E-state index in [0.29, 0.717) is 10.9 Å². The lowest BCUT2D eigenvalue weighted by molar-refractivity contribution is -0.146. The maximum atomic E-state index is 13.9. The number of carbonyl (C=O) groups is 2. The molecule has 0 amide bonds. The molecule has 0 spiro atoms. The Morgan fingerprint density at radius 3 is 2.07 bits per heavy atom. The van der Waals surface area contributed by atoms with E-state index < -0.39 is 13.1 Å². The first-order valence-electron chi connectivity index (χ1n) is 9.12. The quantitative estimate of drug-likeness (QED) is 0.507. The largest absolute Gasteiger partial charge is 0.463 e. The monoisotopic (exact) mass is 386 g/mol. The topological polar surface area (TPSA) is 60.4 Å². The highest BCUT2D eigenvalue weighted by Gasteiger charge is 2.36. The zero-order valence-electron chi connectivity index (χ0n) is 16.6. The standard InChI is InChI=1S/C22H27O4P/c1-15(2)26-20(23)11-12-27(25,19-9-7-6-8-10-19)22(24)21-17(4)13-16(3)14-18(21)5/h6-10,13-15H,11-12H2,1-5H3. The van der Waals surface area contributed by atoms with E-state index in [0.717, 1.165) is 16.7 Å². The Hall–Kier alpha value is -2.19. The maximum Gasteiger partial charge on any atom is 0.306 e. The van der Waals surface area contributed by atoms with Gasteiger partial charge in [0.2, 0.25) is 5.52 Å². The molecule has 0 heterocycles. The van der Waals surface area contributed by atoms with E-state index >= 15 is 0 Å². The summed E-state index contributed by atoms with van der Waals surface area (Å²) in [7, 11) is -3.49. The Kier molecular flexibility index (Phi) is 6.78. The molecule has 1 unspecified atom stereocenters. The number of ether oxygens (including phenoxy) is 1. The van der Waals surface area contributed by atoms with Gasteiger partial charge in [-0.3, -0.25) is 9.59 Å². The van der Waals surface area contributed by atoms with Crippen LogP contribution in [0.4, 0.5) is 0 Å². The smallest absolute Gasteiger partial charge is 0.306 e. The molecule has 0 aliphatic carbocycles. The average Bonchev–Trinajstić information content (AvgIpc) is 2.59. The normalized spacial score (nSPS) is 13.3. The molecular weight excluding hydrogens is 359 g/mol.